The van der Waals surface area contributed by atoms with E-state index in [2.05, 4.69) is 53.9 Å². The maximum Gasteiger partial charge on any atom is 0.490 e. The van der Waals surface area contributed by atoms with Gasteiger partial charge in [-0.25, -0.2) is 24.4 Å². The lowest BCUT2D eigenvalue weighted by atomic mass is 10.1. The molecule has 2 saturated heterocycles. The zero-order valence-corrected chi connectivity index (χ0v) is 27.7. The smallest absolute Gasteiger partial charge is 0.475 e. The Morgan fingerprint density at radius 2 is 1.40 bits per heavy atom. The van der Waals surface area contributed by atoms with Gasteiger partial charge in [-0.15, -0.1) is 11.3 Å². The van der Waals surface area contributed by atoms with E-state index in [1.54, 1.807) is 11.3 Å². The molecular weight excluding hydrogens is 747 g/mol. The first-order valence-electron chi connectivity index (χ1n) is 15.2. The number of fused-ring (bicyclic) bond motifs is 1. The molecule has 23 heteroatoms. The Balaban J connectivity index is 0.000000285. The number of piperazine rings is 1. The minimum absolute atomic E-state index is 0.340. The average molecular weight is 781 g/mol. The molecule has 5 heterocycles. The number of anilines is 1. The molecule has 13 nitrogen and oxygen atoms in total. The van der Waals surface area contributed by atoms with Crippen molar-refractivity contribution >= 4 is 40.7 Å². The van der Waals surface area contributed by atoms with E-state index >= 15 is 0 Å². The first-order valence-corrected chi connectivity index (χ1v) is 16.1. The van der Waals surface area contributed by atoms with Gasteiger partial charge in [-0.2, -0.15) is 39.5 Å². The molecule has 290 valence electrons. The lowest BCUT2D eigenvalue weighted by molar-refractivity contribution is -0.193. The predicted octanol–water partition coefficient (Wildman–Crippen LogP) is 4.80. The third-order valence-corrected chi connectivity index (χ3v) is 8.26. The van der Waals surface area contributed by atoms with Crippen molar-refractivity contribution in [1.29, 1.82) is 0 Å². The molecule has 1 unspecified atom stereocenters. The number of alkyl halides is 9. The normalized spacial score (nSPS) is 18.6. The SMILES string of the molecule is O=C(O)C(F)(F)F.O=C(O)C(F)(F)F.O=C(O)C(F)(F)F.c1cc(N2CCOCC2)n2cc(C3CN(Cc4nccs4)CCN3CC3CC3)nc2c1. The second-order valence-corrected chi connectivity index (χ2v) is 12.4. The fourth-order valence-electron chi connectivity index (χ4n) is 4.90. The number of hydrogen-bond acceptors (Lipinski definition) is 10. The van der Waals surface area contributed by atoms with Gasteiger partial charge in [-0.1, -0.05) is 6.07 Å². The number of aromatic nitrogens is 3. The number of carbonyl (C=O) groups is 3. The Labute approximate surface area is 292 Å². The predicted molar refractivity (Wildman–Crippen MR) is 164 cm³/mol. The summed E-state index contributed by atoms with van der Waals surface area (Å²) in [6, 6.07) is 6.82. The molecule has 0 radical (unpaired) electrons. The Bertz CT molecular complexity index is 1550. The monoisotopic (exact) mass is 780 g/mol. The number of hydrogen-bond donors (Lipinski definition) is 3. The Morgan fingerprint density at radius 1 is 0.846 bits per heavy atom. The van der Waals surface area contributed by atoms with Crippen molar-refractivity contribution in [3.63, 3.8) is 0 Å². The standard InChI is InChI=1S/C23H30N6OS.3C2HF3O2/c1-2-21-25-19(15-29(21)23(3-1)27-9-11-30-12-10-27)20-16-26(17-22-24-6-13-31-22)7-8-28(20)14-18-4-5-18;3*3-2(4,5)1(6)7/h1-3,6,13,15,18,20H,4-5,7-12,14,16-17H2;3*(H,6,7). The van der Waals surface area contributed by atoms with Gasteiger partial charge in [-0.05, 0) is 30.9 Å². The molecule has 0 spiro atoms. The van der Waals surface area contributed by atoms with Crippen molar-refractivity contribution in [2.75, 3.05) is 57.4 Å². The van der Waals surface area contributed by atoms with Crippen molar-refractivity contribution in [2.45, 2.75) is 44.0 Å². The first-order chi connectivity index (χ1) is 24.2. The van der Waals surface area contributed by atoms with Crippen LogP contribution < -0.4 is 4.90 Å². The fourth-order valence-corrected chi connectivity index (χ4v) is 5.56. The van der Waals surface area contributed by atoms with E-state index in [1.807, 2.05) is 6.20 Å². The van der Waals surface area contributed by atoms with Gasteiger partial charge in [0.25, 0.3) is 0 Å². The molecule has 3 fully saturated rings. The summed E-state index contributed by atoms with van der Waals surface area (Å²) in [6.07, 6.45) is -8.27. The van der Waals surface area contributed by atoms with Crippen LogP contribution in [0.1, 0.15) is 29.6 Å². The summed E-state index contributed by atoms with van der Waals surface area (Å²) in [5.41, 5.74) is 2.24. The van der Waals surface area contributed by atoms with E-state index in [0.717, 1.165) is 64.0 Å². The van der Waals surface area contributed by atoms with Gasteiger partial charge in [0.1, 0.15) is 16.5 Å². The van der Waals surface area contributed by atoms with Crippen molar-refractivity contribution in [2.24, 2.45) is 5.92 Å². The average Bonchev–Trinajstić information content (AvgIpc) is 3.52. The molecule has 3 aromatic rings. The molecule has 52 heavy (non-hydrogen) atoms. The van der Waals surface area contributed by atoms with Gasteiger partial charge in [0, 0.05) is 57.0 Å². The molecule has 6 rings (SSSR count). The number of rotatable bonds is 6. The van der Waals surface area contributed by atoms with E-state index in [9.17, 15) is 39.5 Å². The van der Waals surface area contributed by atoms with Crippen LogP contribution in [0, 0.1) is 5.92 Å². The quantitative estimate of drug-likeness (QED) is 0.294. The van der Waals surface area contributed by atoms with Crippen molar-refractivity contribution in [3.05, 3.63) is 46.7 Å². The van der Waals surface area contributed by atoms with E-state index in [4.69, 9.17) is 39.4 Å². The zero-order chi connectivity index (χ0) is 38.9. The highest BCUT2D eigenvalue weighted by Gasteiger charge is 2.39. The van der Waals surface area contributed by atoms with Crippen LogP contribution in [0.5, 0.6) is 0 Å². The van der Waals surface area contributed by atoms with Crippen LogP contribution in [0.25, 0.3) is 5.65 Å². The Kier molecular flexibility index (Phi) is 14.6. The summed E-state index contributed by atoms with van der Waals surface area (Å²) in [5.74, 6) is -6.16. The minimum Gasteiger partial charge on any atom is -0.475 e. The van der Waals surface area contributed by atoms with E-state index < -0.39 is 36.4 Å². The van der Waals surface area contributed by atoms with Gasteiger partial charge < -0.3 is 25.0 Å². The molecule has 0 bridgehead atoms. The number of halogens is 9. The third-order valence-electron chi connectivity index (χ3n) is 7.50. The van der Waals surface area contributed by atoms with Gasteiger partial charge in [-0.3, -0.25) is 14.2 Å². The summed E-state index contributed by atoms with van der Waals surface area (Å²) < 4.78 is 103. The topological polar surface area (TPSA) is 161 Å². The number of carboxylic acids is 3. The highest BCUT2D eigenvalue weighted by Crippen LogP contribution is 2.35. The van der Waals surface area contributed by atoms with Crippen molar-refractivity contribution < 1.29 is 74.0 Å². The van der Waals surface area contributed by atoms with Crippen LogP contribution in [-0.4, -0.2) is 128 Å². The molecule has 0 aromatic carbocycles. The van der Waals surface area contributed by atoms with Crippen LogP contribution in [0.4, 0.5) is 45.3 Å². The largest absolute Gasteiger partial charge is 0.490 e. The molecule has 1 aliphatic carbocycles. The molecule has 1 atom stereocenters. The van der Waals surface area contributed by atoms with Crippen molar-refractivity contribution in [3.8, 4) is 0 Å². The minimum atomic E-state index is -5.08. The van der Waals surface area contributed by atoms with E-state index in [-0.39, 0.29) is 0 Å². The molecule has 1 saturated carbocycles. The van der Waals surface area contributed by atoms with Gasteiger partial charge in [0.15, 0.2) is 0 Å². The molecule has 0 amide bonds. The van der Waals surface area contributed by atoms with Crippen LogP contribution in [0.2, 0.25) is 0 Å². The number of carboxylic acid groups (broad SMARTS) is 3. The first kappa shape index (κ1) is 42.2. The summed E-state index contributed by atoms with van der Waals surface area (Å²) in [7, 11) is 0. The number of thiazole rings is 1. The second kappa shape index (κ2) is 18.0. The number of morpholine rings is 1. The fraction of sp³-hybridized carbons (Fsp3) is 0.552. The van der Waals surface area contributed by atoms with Gasteiger partial charge >= 0.3 is 36.4 Å². The lowest BCUT2D eigenvalue weighted by Crippen LogP contribution is -2.48. The summed E-state index contributed by atoms with van der Waals surface area (Å²) in [5, 5.41) is 24.7. The maximum atomic E-state index is 10.6. The molecule has 3 N–H and O–H groups in total. The number of aliphatic carboxylic acids is 3. The van der Waals surface area contributed by atoms with Crippen LogP contribution in [-0.2, 0) is 25.7 Å². The van der Waals surface area contributed by atoms with E-state index in [0.29, 0.717) is 6.04 Å². The van der Waals surface area contributed by atoms with Gasteiger partial charge in [0.05, 0.1) is 31.5 Å². The number of ether oxygens (including phenoxy) is 1. The van der Waals surface area contributed by atoms with Crippen LogP contribution >= 0.6 is 11.3 Å². The van der Waals surface area contributed by atoms with Gasteiger partial charge in [0.2, 0.25) is 0 Å². The highest BCUT2D eigenvalue weighted by atomic mass is 32.1. The number of pyridine rings is 1. The number of nitrogens with zero attached hydrogens (tertiary/aromatic N) is 6. The Morgan fingerprint density at radius 3 is 1.88 bits per heavy atom. The molecule has 3 aliphatic rings. The summed E-state index contributed by atoms with van der Waals surface area (Å²) in [4.78, 5) is 44.0. The third kappa shape index (κ3) is 13.4. The lowest BCUT2D eigenvalue weighted by Gasteiger charge is -2.40. The zero-order valence-electron chi connectivity index (χ0n) is 26.9. The number of imidazole rings is 1. The van der Waals surface area contributed by atoms with Crippen LogP contribution in [0.3, 0.4) is 0 Å². The van der Waals surface area contributed by atoms with Crippen molar-refractivity contribution in [1.82, 2.24) is 24.2 Å². The Hall–Kier alpha value is -4.22. The van der Waals surface area contributed by atoms with E-state index in [1.165, 1.54) is 35.9 Å². The van der Waals surface area contributed by atoms with Crippen LogP contribution in [0.15, 0.2) is 36.0 Å². The highest BCUT2D eigenvalue weighted by molar-refractivity contribution is 7.09. The molecule has 3 aromatic heterocycles. The molecular formula is C29H33F9N6O7S. The summed E-state index contributed by atoms with van der Waals surface area (Å²) in [6.45, 7) is 8.84. The summed E-state index contributed by atoms with van der Waals surface area (Å²) >= 11 is 1.75. The second-order valence-electron chi connectivity index (χ2n) is 11.4. The molecule has 2 aliphatic heterocycles. The maximum absolute atomic E-state index is 10.6.